The Morgan fingerprint density at radius 2 is 2.10 bits per heavy atom. The number of furan rings is 1. The van der Waals surface area contributed by atoms with Crippen LogP contribution in [0.25, 0.3) is 0 Å². The number of carbonyl (C=O) groups is 1. The number of hydrogen-bond donors (Lipinski definition) is 1. The zero-order chi connectivity index (χ0) is 14.7. The largest absolute Gasteiger partial charge is 0.472 e. The van der Waals surface area contributed by atoms with Crippen LogP contribution in [0.3, 0.4) is 0 Å². The van der Waals surface area contributed by atoms with E-state index >= 15 is 0 Å². The van der Waals surface area contributed by atoms with Gasteiger partial charge in [0.25, 0.3) is 5.91 Å². The summed E-state index contributed by atoms with van der Waals surface area (Å²) in [6, 6.07) is 9.15. The third-order valence-corrected chi connectivity index (χ3v) is 3.83. The average molecular weight is 300 g/mol. The van der Waals surface area contributed by atoms with E-state index in [4.69, 9.17) is 4.42 Å². The number of amides is 1. The molecule has 6 nitrogen and oxygen atoms in total. The molecular formula is C14H12N4O2S. The van der Waals surface area contributed by atoms with Gasteiger partial charge in [-0.1, -0.05) is 0 Å². The minimum absolute atomic E-state index is 0.197. The van der Waals surface area contributed by atoms with E-state index < -0.39 is 0 Å². The number of nitrogens with zero attached hydrogens (tertiary/aromatic N) is 3. The smallest absolute Gasteiger partial charge is 0.258 e. The first-order valence-electron chi connectivity index (χ1n) is 6.18. The number of aryl methyl sites for hydroxylation is 1. The zero-order valence-electron chi connectivity index (χ0n) is 11.2. The second kappa shape index (κ2) is 5.84. The maximum absolute atomic E-state index is 11.9. The molecule has 21 heavy (non-hydrogen) atoms. The number of rotatable bonds is 4. The number of nitrogens with one attached hydrogen (secondary N) is 1. The maximum Gasteiger partial charge on any atom is 0.258 e. The van der Waals surface area contributed by atoms with Crippen LogP contribution in [0, 0.1) is 0 Å². The lowest BCUT2D eigenvalue weighted by Gasteiger charge is -2.05. The molecule has 0 bridgehead atoms. The Morgan fingerprint density at radius 3 is 2.71 bits per heavy atom. The van der Waals surface area contributed by atoms with Crippen molar-refractivity contribution in [2.24, 2.45) is 7.05 Å². The first-order chi connectivity index (χ1) is 10.2. The molecule has 0 radical (unpaired) electrons. The Hall–Kier alpha value is -2.54. The molecule has 1 aromatic carbocycles. The van der Waals surface area contributed by atoms with E-state index in [2.05, 4.69) is 15.5 Å². The van der Waals surface area contributed by atoms with Crippen LogP contribution in [0.2, 0.25) is 0 Å². The normalized spacial score (nSPS) is 10.5. The maximum atomic E-state index is 11.9. The molecule has 0 aliphatic rings. The van der Waals surface area contributed by atoms with Crippen molar-refractivity contribution in [3.63, 3.8) is 0 Å². The van der Waals surface area contributed by atoms with Gasteiger partial charge in [-0.25, -0.2) is 0 Å². The summed E-state index contributed by atoms with van der Waals surface area (Å²) in [5, 5.41) is 11.5. The van der Waals surface area contributed by atoms with E-state index in [0.29, 0.717) is 5.56 Å². The highest BCUT2D eigenvalue weighted by molar-refractivity contribution is 7.99. The van der Waals surface area contributed by atoms with Gasteiger partial charge in [0.05, 0.1) is 11.8 Å². The molecule has 0 fully saturated rings. The third kappa shape index (κ3) is 3.14. The molecule has 7 heteroatoms. The van der Waals surface area contributed by atoms with Crippen LogP contribution in [0.15, 0.2) is 63.7 Å². The van der Waals surface area contributed by atoms with E-state index in [0.717, 1.165) is 15.7 Å². The fourth-order valence-corrected chi connectivity index (χ4v) is 2.44. The lowest BCUT2D eigenvalue weighted by Crippen LogP contribution is -2.10. The van der Waals surface area contributed by atoms with Gasteiger partial charge in [-0.15, -0.1) is 10.2 Å². The number of anilines is 1. The number of hydrogen-bond acceptors (Lipinski definition) is 5. The van der Waals surface area contributed by atoms with Gasteiger partial charge in [0.15, 0.2) is 5.16 Å². The molecule has 3 aromatic rings. The molecule has 0 unspecified atom stereocenters. The first-order valence-corrected chi connectivity index (χ1v) is 6.99. The molecule has 2 aromatic heterocycles. The van der Waals surface area contributed by atoms with Crippen molar-refractivity contribution < 1.29 is 9.21 Å². The molecular weight excluding hydrogens is 288 g/mol. The Balaban J connectivity index is 1.67. The monoisotopic (exact) mass is 300 g/mol. The van der Waals surface area contributed by atoms with E-state index in [1.54, 1.807) is 12.4 Å². The minimum Gasteiger partial charge on any atom is -0.472 e. The summed E-state index contributed by atoms with van der Waals surface area (Å²) in [5.41, 5.74) is 1.22. The van der Waals surface area contributed by atoms with Gasteiger partial charge < -0.3 is 14.3 Å². The van der Waals surface area contributed by atoms with Crippen LogP contribution in [-0.4, -0.2) is 20.7 Å². The molecule has 1 N–H and O–H groups in total. The number of carbonyl (C=O) groups excluding carboxylic acids is 1. The van der Waals surface area contributed by atoms with Crippen molar-refractivity contribution >= 4 is 23.4 Å². The van der Waals surface area contributed by atoms with Gasteiger partial charge in [0.2, 0.25) is 0 Å². The molecule has 0 atom stereocenters. The summed E-state index contributed by atoms with van der Waals surface area (Å²) in [4.78, 5) is 12.9. The summed E-state index contributed by atoms with van der Waals surface area (Å²) < 4.78 is 6.73. The minimum atomic E-state index is -0.197. The van der Waals surface area contributed by atoms with Crippen molar-refractivity contribution in [1.29, 1.82) is 0 Å². The molecule has 0 aliphatic heterocycles. The summed E-state index contributed by atoms with van der Waals surface area (Å²) >= 11 is 1.51. The Bertz CT molecular complexity index is 735. The van der Waals surface area contributed by atoms with Crippen molar-refractivity contribution in [2.45, 2.75) is 10.1 Å². The lowest BCUT2D eigenvalue weighted by molar-refractivity contribution is 0.102. The van der Waals surface area contributed by atoms with Gasteiger partial charge in [0, 0.05) is 17.6 Å². The molecule has 0 spiro atoms. The third-order valence-electron chi connectivity index (χ3n) is 2.77. The topological polar surface area (TPSA) is 73.0 Å². The second-order valence-electron chi connectivity index (χ2n) is 4.32. The predicted molar refractivity (Wildman–Crippen MR) is 78.2 cm³/mol. The van der Waals surface area contributed by atoms with Crippen LogP contribution in [0.1, 0.15) is 10.4 Å². The second-order valence-corrected chi connectivity index (χ2v) is 5.36. The van der Waals surface area contributed by atoms with Crippen molar-refractivity contribution in [3.05, 3.63) is 54.7 Å². The van der Waals surface area contributed by atoms with E-state index in [1.165, 1.54) is 24.3 Å². The summed E-state index contributed by atoms with van der Waals surface area (Å²) in [7, 11) is 1.89. The van der Waals surface area contributed by atoms with Crippen LogP contribution in [0.4, 0.5) is 5.69 Å². The van der Waals surface area contributed by atoms with Gasteiger partial charge in [-0.2, -0.15) is 0 Å². The molecule has 0 saturated heterocycles. The Morgan fingerprint density at radius 1 is 1.29 bits per heavy atom. The Labute approximate surface area is 125 Å². The van der Waals surface area contributed by atoms with E-state index in [9.17, 15) is 4.79 Å². The van der Waals surface area contributed by atoms with Crippen molar-refractivity contribution in [2.75, 3.05) is 5.32 Å². The number of benzene rings is 1. The SMILES string of the molecule is Cn1cnnc1Sc1ccc(NC(=O)c2ccoc2)cc1. The molecule has 0 aliphatic carbocycles. The highest BCUT2D eigenvalue weighted by Crippen LogP contribution is 2.26. The fraction of sp³-hybridized carbons (Fsp3) is 0.0714. The van der Waals surface area contributed by atoms with Crippen molar-refractivity contribution in [1.82, 2.24) is 14.8 Å². The molecule has 1 amide bonds. The standard InChI is InChI=1S/C14H12N4O2S/c1-18-9-15-17-14(18)21-12-4-2-11(3-5-12)16-13(19)10-6-7-20-8-10/h2-9H,1H3,(H,16,19). The highest BCUT2D eigenvalue weighted by Gasteiger charge is 2.08. The molecule has 106 valence electrons. The summed E-state index contributed by atoms with van der Waals surface area (Å²) in [5.74, 6) is -0.197. The van der Waals surface area contributed by atoms with Crippen molar-refractivity contribution in [3.8, 4) is 0 Å². The van der Waals surface area contributed by atoms with Gasteiger partial charge in [-0.05, 0) is 42.1 Å². The quantitative estimate of drug-likeness (QED) is 0.802. The summed E-state index contributed by atoms with van der Waals surface area (Å²) in [6.07, 6.45) is 4.53. The average Bonchev–Trinajstić information content (AvgIpc) is 3.14. The summed E-state index contributed by atoms with van der Waals surface area (Å²) in [6.45, 7) is 0. The first kappa shape index (κ1) is 13.4. The molecule has 2 heterocycles. The van der Waals surface area contributed by atoms with E-state index in [1.807, 2.05) is 35.9 Å². The van der Waals surface area contributed by atoms with Gasteiger partial charge in [-0.3, -0.25) is 4.79 Å². The molecule has 3 rings (SSSR count). The van der Waals surface area contributed by atoms with Crippen LogP contribution < -0.4 is 5.32 Å². The predicted octanol–water partition coefficient (Wildman–Crippen LogP) is 2.81. The van der Waals surface area contributed by atoms with Crippen LogP contribution in [-0.2, 0) is 7.05 Å². The fourth-order valence-electron chi connectivity index (χ4n) is 1.67. The number of aromatic nitrogens is 3. The van der Waals surface area contributed by atoms with Crippen LogP contribution in [0.5, 0.6) is 0 Å². The van der Waals surface area contributed by atoms with Crippen LogP contribution >= 0.6 is 11.8 Å². The van der Waals surface area contributed by atoms with Gasteiger partial charge >= 0.3 is 0 Å². The zero-order valence-corrected chi connectivity index (χ0v) is 12.0. The van der Waals surface area contributed by atoms with Gasteiger partial charge in [0.1, 0.15) is 12.6 Å². The molecule has 0 saturated carbocycles. The van der Waals surface area contributed by atoms with E-state index in [-0.39, 0.29) is 5.91 Å². The highest BCUT2D eigenvalue weighted by atomic mass is 32.2. The lowest BCUT2D eigenvalue weighted by atomic mass is 10.3. The Kier molecular flexibility index (Phi) is 3.74.